The second kappa shape index (κ2) is 10.5. The van der Waals surface area contributed by atoms with Crippen LogP contribution in [0.15, 0.2) is 41.5 Å². The third kappa shape index (κ3) is 5.69. The summed E-state index contributed by atoms with van der Waals surface area (Å²) in [4.78, 5) is 13.9. The number of anilines is 1. The first-order valence-electron chi connectivity index (χ1n) is 13.4. The maximum absolute atomic E-state index is 13.4. The van der Waals surface area contributed by atoms with Gasteiger partial charge in [-0.25, -0.2) is 4.98 Å². The number of likely N-dealkylation sites (tertiary alicyclic amines) is 1. The minimum absolute atomic E-state index is 0.0303. The zero-order valence-corrected chi connectivity index (χ0v) is 20.8. The van der Waals surface area contributed by atoms with Gasteiger partial charge in [-0.2, -0.15) is 0 Å². The molecule has 0 amide bonds. The summed E-state index contributed by atoms with van der Waals surface area (Å²) in [5.41, 5.74) is 2.20. The fraction of sp³-hybridized carbons (Fsp3) is 0.571. The van der Waals surface area contributed by atoms with Gasteiger partial charge in [0.25, 0.3) is 0 Å². The van der Waals surface area contributed by atoms with Crippen molar-refractivity contribution in [2.45, 2.75) is 50.7 Å². The van der Waals surface area contributed by atoms with E-state index in [-0.39, 0.29) is 17.9 Å². The third-order valence-corrected chi connectivity index (χ3v) is 7.49. The van der Waals surface area contributed by atoms with E-state index < -0.39 is 0 Å². The van der Waals surface area contributed by atoms with Crippen LogP contribution in [0.2, 0.25) is 0 Å². The normalized spacial score (nSPS) is 23.2. The highest BCUT2D eigenvalue weighted by atomic mass is 16.6. The van der Waals surface area contributed by atoms with Gasteiger partial charge in [0.1, 0.15) is 19.3 Å². The molecule has 0 radical (unpaired) electrons. The molecular formula is C28H35N4O4-. The number of pyridine rings is 1. The molecular weight excluding hydrogens is 456 g/mol. The summed E-state index contributed by atoms with van der Waals surface area (Å²) in [6, 6.07) is 10.0. The molecule has 1 aromatic heterocycles. The predicted molar refractivity (Wildman–Crippen MR) is 136 cm³/mol. The molecule has 2 atom stereocenters. The van der Waals surface area contributed by atoms with Gasteiger partial charge in [0.15, 0.2) is 11.5 Å². The van der Waals surface area contributed by atoms with Gasteiger partial charge in [-0.05, 0) is 81.3 Å². The summed E-state index contributed by atoms with van der Waals surface area (Å²) >= 11 is 0. The number of hydrogen-bond donors (Lipinski definition) is 0. The van der Waals surface area contributed by atoms with E-state index in [9.17, 15) is 5.11 Å². The third-order valence-electron chi connectivity index (χ3n) is 7.49. The van der Waals surface area contributed by atoms with E-state index in [0.29, 0.717) is 31.7 Å². The molecule has 6 rings (SSSR count). The van der Waals surface area contributed by atoms with E-state index in [2.05, 4.69) is 20.9 Å². The van der Waals surface area contributed by atoms with Gasteiger partial charge in [0.2, 0.25) is 5.88 Å². The number of aromatic nitrogens is 1. The van der Waals surface area contributed by atoms with Crippen molar-refractivity contribution in [2.24, 2.45) is 10.9 Å². The lowest BCUT2D eigenvalue weighted by atomic mass is 10.0. The Hall–Kier alpha value is -3.00. The van der Waals surface area contributed by atoms with Crippen molar-refractivity contribution in [3.63, 3.8) is 0 Å². The second-order valence-electron chi connectivity index (χ2n) is 10.4. The number of rotatable bonds is 9. The smallest absolute Gasteiger partial charge is 0.215 e. The molecule has 192 valence electrons. The van der Waals surface area contributed by atoms with Crippen molar-refractivity contribution >= 4 is 11.6 Å². The summed E-state index contributed by atoms with van der Waals surface area (Å²) in [7, 11) is 0. The van der Waals surface area contributed by atoms with Crippen LogP contribution >= 0.6 is 0 Å². The first kappa shape index (κ1) is 23.4. The summed E-state index contributed by atoms with van der Waals surface area (Å²) in [5.74, 6) is 2.22. The lowest BCUT2D eigenvalue weighted by Crippen LogP contribution is -2.36. The molecule has 3 aliphatic heterocycles. The van der Waals surface area contributed by atoms with Crippen LogP contribution in [0.25, 0.3) is 0 Å². The van der Waals surface area contributed by atoms with Gasteiger partial charge in [-0.1, -0.05) is 6.07 Å². The van der Waals surface area contributed by atoms with Crippen LogP contribution in [0, 0.1) is 5.92 Å². The van der Waals surface area contributed by atoms with Gasteiger partial charge in [0.05, 0.1) is 6.04 Å². The van der Waals surface area contributed by atoms with Crippen LogP contribution in [0.1, 0.15) is 37.7 Å². The number of hydrogen-bond acceptors (Lipinski definition) is 8. The molecule has 4 heterocycles. The highest BCUT2D eigenvalue weighted by molar-refractivity contribution is 5.76. The Morgan fingerprint density at radius 1 is 1.06 bits per heavy atom. The van der Waals surface area contributed by atoms with E-state index in [4.69, 9.17) is 19.2 Å². The minimum atomic E-state index is -0.0766. The van der Waals surface area contributed by atoms with E-state index in [0.717, 1.165) is 74.6 Å². The van der Waals surface area contributed by atoms with Crippen molar-refractivity contribution in [1.29, 1.82) is 0 Å². The topological polar surface area (TPSA) is 82.5 Å². The Morgan fingerprint density at radius 2 is 1.89 bits per heavy atom. The number of ether oxygens (including phenoxy) is 3. The van der Waals surface area contributed by atoms with Gasteiger partial charge < -0.3 is 34.1 Å². The fourth-order valence-electron chi connectivity index (χ4n) is 5.40. The lowest BCUT2D eigenvalue weighted by Gasteiger charge is -2.26. The standard InChI is InChI=1S/C28H36N4O4/c33-28(21-8-12-32(18-21)23-7-9-29-27(17-23)36-24-4-5-24)30-22(19-31-10-1-2-11-31)15-20-3-6-25-26(16-20)35-14-13-34-25/h3,6-7,9,16-17,21-22,24H,1-2,4-5,8,10-15,18-19H2,(H,30,33)/p-1. The maximum Gasteiger partial charge on any atom is 0.215 e. The van der Waals surface area contributed by atoms with Crippen LogP contribution in [0.4, 0.5) is 5.69 Å². The maximum atomic E-state index is 13.4. The molecule has 4 aliphatic rings. The molecule has 2 aromatic rings. The minimum Gasteiger partial charge on any atom is -0.862 e. The van der Waals surface area contributed by atoms with Gasteiger partial charge in [0, 0.05) is 43.5 Å². The van der Waals surface area contributed by atoms with Crippen LogP contribution in [-0.2, 0) is 6.42 Å². The van der Waals surface area contributed by atoms with Crippen LogP contribution in [-0.4, -0.2) is 73.9 Å². The summed E-state index contributed by atoms with van der Waals surface area (Å²) in [6.45, 7) is 5.69. The SMILES string of the molecule is [O-]C(=NC(Cc1ccc2c(c1)OCCO2)CN1CCCC1)C1CCN(c2ccnc(OC3CC3)c2)C1. The lowest BCUT2D eigenvalue weighted by molar-refractivity contribution is -0.223. The number of benzene rings is 1. The van der Waals surface area contributed by atoms with Crippen molar-refractivity contribution in [1.82, 2.24) is 9.88 Å². The van der Waals surface area contributed by atoms with Crippen molar-refractivity contribution < 1.29 is 19.3 Å². The molecule has 0 N–H and O–H groups in total. The van der Waals surface area contributed by atoms with Crippen molar-refractivity contribution in [3.8, 4) is 17.4 Å². The molecule has 8 nitrogen and oxygen atoms in total. The molecule has 3 fully saturated rings. The Bertz CT molecular complexity index is 1080. The molecule has 1 saturated carbocycles. The summed E-state index contributed by atoms with van der Waals surface area (Å²) in [6.07, 6.45) is 8.33. The number of fused-ring (bicyclic) bond motifs is 1. The van der Waals surface area contributed by atoms with Crippen LogP contribution in [0.3, 0.4) is 0 Å². The van der Waals surface area contributed by atoms with Gasteiger partial charge in [-0.15, -0.1) is 0 Å². The summed E-state index contributed by atoms with van der Waals surface area (Å²) < 4.78 is 17.3. The molecule has 1 aliphatic carbocycles. The Morgan fingerprint density at radius 3 is 2.72 bits per heavy atom. The van der Waals surface area contributed by atoms with Gasteiger partial charge in [-0.3, -0.25) is 0 Å². The van der Waals surface area contributed by atoms with Crippen molar-refractivity contribution in [3.05, 3.63) is 42.1 Å². The first-order valence-corrected chi connectivity index (χ1v) is 13.4. The average Bonchev–Trinajstić information content (AvgIpc) is 3.33. The predicted octanol–water partition coefficient (Wildman–Crippen LogP) is 2.69. The molecule has 1 aromatic carbocycles. The largest absolute Gasteiger partial charge is 0.862 e. The highest BCUT2D eigenvalue weighted by Crippen LogP contribution is 2.32. The Labute approximate surface area is 212 Å². The van der Waals surface area contributed by atoms with Gasteiger partial charge >= 0.3 is 0 Å². The van der Waals surface area contributed by atoms with E-state index in [1.54, 1.807) is 6.20 Å². The fourth-order valence-corrected chi connectivity index (χ4v) is 5.40. The molecule has 2 saturated heterocycles. The average molecular weight is 492 g/mol. The number of aliphatic imine (C=N–C) groups is 1. The molecule has 0 spiro atoms. The quantitative estimate of drug-likeness (QED) is 0.394. The second-order valence-corrected chi connectivity index (χ2v) is 10.4. The molecule has 36 heavy (non-hydrogen) atoms. The number of nitrogens with zero attached hydrogens (tertiary/aromatic N) is 4. The van der Waals surface area contributed by atoms with Crippen LogP contribution in [0.5, 0.6) is 17.4 Å². The zero-order chi connectivity index (χ0) is 24.3. The van der Waals surface area contributed by atoms with E-state index >= 15 is 0 Å². The Balaban J connectivity index is 1.14. The highest BCUT2D eigenvalue weighted by Gasteiger charge is 2.27. The van der Waals surface area contributed by atoms with Crippen LogP contribution < -0.4 is 24.2 Å². The Kier molecular flexibility index (Phi) is 6.86. The summed E-state index contributed by atoms with van der Waals surface area (Å²) in [5, 5.41) is 13.4. The zero-order valence-electron chi connectivity index (χ0n) is 20.8. The monoisotopic (exact) mass is 491 g/mol. The molecule has 8 heteroatoms. The molecule has 0 bridgehead atoms. The molecule has 2 unspecified atom stereocenters. The van der Waals surface area contributed by atoms with E-state index in [1.807, 2.05) is 24.3 Å². The first-order chi connectivity index (χ1) is 17.7. The van der Waals surface area contributed by atoms with Crippen molar-refractivity contribution in [2.75, 3.05) is 50.8 Å². The van der Waals surface area contributed by atoms with E-state index in [1.165, 1.54) is 12.8 Å².